The molecular weight excluding hydrogens is 327 g/mol. The van der Waals surface area contributed by atoms with Crippen molar-refractivity contribution in [1.82, 2.24) is 4.98 Å². The standard InChI is InChI=1S/C15H10ClFN2O2S/c1-21-11-3-2-4-12-13(11)18-15(22-12)19-14(20)9-6-5-8(16)7-10(9)17/h2-7H,1H3,(H,18,19,20). The second-order valence-electron chi connectivity index (χ2n) is 4.40. The molecule has 112 valence electrons. The fraction of sp³-hybridized carbons (Fsp3) is 0.0667. The summed E-state index contributed by atoms with van der Waals surface area (Å²) in [7, 11) is 1.55. The van der Waals surface area contributed by atoms with Crippen molar-refractivity contribution in [3.8, 4) is 5.75 Å². The molecule has 3 aromatic rings. The van der Waals surface area contributed by atoms with Gasteiger partial charge in [0.05, 0.1) is 17.4 Å². The highest BCUT2D eigenvalue weighted by Gasteiger charge is 2.15. The van der Waals surface area contributed by atoms with Crippen molar-refractivity contribution in [3.05, 3.63) is 52.8 Å². The smallest absolute Gasteiger partial charge is 0.260 e. The molecule has 0 bridgehead atoms. The Morgan fingerprint density at radius 3 is 2.91 bits per heavy atom. The predicted molar refractivity (Wildman–Crippen MR) is 85.5 cm³/mol. The highest BCUT2D eigenvalue weighted by atomic mass is 35.5. The van der Waals surface area contributed by atoms with Gasteiger partial charge in [-0.2, -0.15) is 0 Å². The van der Waals surface area contributed by atoms with Crippen LogP contribution in [0.5, 0.6) is 5.75 Å². The Balaban J connectivity index is 1.91. The van der Waals surface area contributed by atoms with E-state index in [0.29, 0.717) is 16.4 Å². The van der Waals surface area contributed by atoms with Gasteiger partial charge in [0.25, 0.3) is 5.91 Å². The molecule has 0 atom stereocenters. The van der Waals surface area contributed by atoms with E-state index in [1.807, 2.05) is 12.1 Å². The summed E-state index contributed by atoms with van der Waals surface area (Å²) >= 11 is 6.96. The minimum absolute atomic E-state index is 0.0874. The minimum atomic E-state index is -0.677. The van der Waals surface area contributed by atoms with Crippen molar-refractivity contribution < 1.29 is 13.9 Å². The molecule has 0 aliphatic carbocycles. The van der Waals surface area contributed by atoms with E-state index in [1.54, 1.807) is 13.2 Å². The van der Waals surface area contributed by atoms with E-state index in [9.17, 15) is 9.18 Å². The number of hydrogen-bond donors (Lipinski definition) is 1. The lowest BCUT2D eigenvalue weighted by atomic mass is 10.2. The third-order valence-electron chi connectivity index (χ3n) is 3.00. The average Bonchev–Trinajstić information content (AvgIpc) is 2.89. The Bertz CT molecular complexity index is 866. The number of para-hydroxylation sites is 1. The zero-order valence-electron chi connectivity index (χ0n) is 11.4. The zero-order valence-corrected chi connectivity index (χ0v) is 13.0. The van der Waals surface area contributed by atoms with E-state index in [1.165, 1.54) is 23.5 Å². The summed E-state index contributed by atoms with van der Waals surface area (Å²) < 4.78 is 19.8. The monoisotopic (exact) mass is 336 g/mol. The number of aromatic nitrogens is 1. The van der Waals surface area contributed by atoms with Gasteiger partial charge in [0.15, 0.2) is 5.13 Å². The van der Waals surface area contributed by atoms with Crippen LogP contribution >= 0.6 is 22.9 Å². The first-order valence-corrected chi connectivity index (χ1v) is 7.48. The lowest BCUT2D eigenvalue weighted by Gasteiger charge is -2.03. The number of amides is 1. The number of nitrogens with zero attached hydrogens (tertiary/aromatic N) is 1. The molecule has 1 heterocycles. The van der Waals surface area contributed by atoms with Crippen molar-refractivity contribution in [1.29, 1.82) is 0 Å². The van der Waals surface area contributed by atoms with E-state index < -0.39 is 11.7 Å². The molecule has 0 aliphatic rings. The number of rotatable bonds is 3. The predicted octanol–water partition coefficient (Wildman–Crippen LogP) is 4.35. The maximum Gasteiger partial charge on any atom is 0.260 e. The van der Waals surface area contributed by atoms with Gasteiger partial charge in [0.2, 0.25) is 0 Å². The molecule has 4 nitrogen and oxygen atoms in total. The highest BCUT2D eigenvalue weighted by Crippen LogP contribution is 2.32. The van der Waals surface area contributed by atoms with E-state index in [2.05, 4.69) is 10.3 Å². The molecule has 0 aliphatic heterocycles. The van der Waals surface area contributed by atoms with Crippen LogP contribution in [-0.2, 0) is 0 Å². The maximum absolute atomic E-state index is 13.7. The second kappa shape index (κ2) is 5.90. The Morgan fingerprint density at radius 2 is 2.18 bits per heavy atom. The van der Waals surface area contributed by atoms with Crippen LogP contribution in [-0.4, -0.2) is 18.0 Å². The van der Waals surface area contributed by atoms with Crippen molar-refractivity contribution in [2.45, 2.75) is 0 Å². The molecule has 22 heavy (non-hydrogen) atoms. The molecule has 0 radical (unpaired) electrons. The molecule has 0 fully saturated rings. The Morgan fingerprint density at radius 1 is 1.36 bits per heavy atom. The average molecular weight is 337 g/mol. The number of thiazole rings is 1. The van der Waals surface area contributed by atoms with Crippen LogP contribution in [0.15, 0.2) is 36.4 Å². The third-order valence-corrected chi connectivity index (χ3v) is 4.17. The quantitative estimate of drug-likeness (QED) is 0.773. The van der Waals surface area contributed by atoms with Crippen LogP contribution in [0.4, 0.5) is 9.52 Å². The first kappa shape index (κ1) is 14.7. The fourth-order valence-corrected chi connectivity index (χ4v) is 3.02. The Hall–Kier alpha value is -2.18. The molecule has 1 amide bonds. The van der Waals surface area contributed by atoms with Crippen LogP contribution in [0.2, 0.25) is 5.02 Å². The van der Waals surface area contributed by atoms with Gasteiger partial charge in [0.1, 0.15) is 17.1 Å². The first-order chi connectivity index (χ1) is 10.6. The number of benzene rings is 2. The summed E-state index contributed by atoms with van der Waals surface area (Å²) in [5.74, 6) is -0.636. The maximum atomic E-state index is 13.7. The first-order valence-electron chi connectivity index (χ1n) is 6.28. The number of nitrogens with one attached hydrogen (secondary N) is 1. The van der Waals surface area contributed by atoms with Gasteiger partial charge in [0, 0.05) is 5.02 Å². The van der Waals surface area contributed by atoms with Gasteiger partial charge < -0.3 is 4.74 Å². The summed E-state index contributed by atoms with van der Waals surface area (Å²) in [6.07, 6.45) is 0. The summed E-state index contributed by atoms with van der Waals surface area (Å²) in [4.78, 5) is 16.4. The van der Waals surface area contributed by atoms with Crippen LogP contribution < -0.4 is 10.1 Å². The van der Waals surface area contributed by atoms with E-state index in [-0.39, 0.29) is 10.6 Å². The fourth-order valence-electron chi connectivity index (χ4n) is 1.98. The SMILES string of the molecule is COc1cccc2sc(NC(=O)c3ccc(Cl)cc3F)nc12. The van der Waals surface area contributed by atoms with Gasteiger partial charge >= 0.3 is 0 Å². The van der Waals surface area contributed by atoms with Gasteiger partial charge in [-0.25, -0.2) is 9.37 Å². The molecule has 2 aromatic carbocycles. The number of anilines is 1. The molecule has 0 spiro atoms. The van der Waals surface area contributed by atoms with Gasteiger partial charge in [-0.05, 0) is 30.3 Å². The lowest BCUT2D eigenvalue weighted by molar-refractivity contribution is 0.102. The summed E-state index contributed by atoms with van der Waals surface area (Å²) in [5.41, 5.74) is 0.567. The third kappa shape index (κ3) is 2.75. The van der Waals surface area contributed by atoms with Crippen LogP contribution in [0.1, 0.15) is 10.4 Å². The molecule has 1 aromatic heterocycles. The number of halogens is 2. The molecule has 0 unspecified atom stereocenters. The topological polar surface area (TPSA) is 51.2 Å². The molecule has 1 N–H and O–H groups in total. The number of hydrogen-bond acceptors (Lipinski definition) is 4. The van der Waals surface area contributed by atoms with Gasteiger partial charge in [-0.3, -0.25) is 10.1 Å². The molecule has 7 heteroatoms. The molecular formula is C15H10ClFN2O2S. The van der Waals surface area contributed by atoms with Crippen LogP contribution in [0.25, 0.3) is 10.2 Å². The number of carbonyl (C=O) groups excluding carboxylic acids is 1. The number of carbonyl (C=O) groups is 1. The van der Waals surface area contributed by atoms with E-state index >= 15 is 0 Å². The van der Waals surface area contributed by atoms with E-state index in [4.69, 9.17) is 16.3 Å². The normalized spacial score (nSPS) is 10.7. The van der Waals surface area contributed by atoms with Crippen LogP contribution in [0, 0.1) is 5.82 Å². The Labute approximate surface area is 134 Å². The summed E-state index contributed by atoms with van der Waals surface area (Å²) in [6, 6.07) is 9.38. The Kier molecular flexibility index (Phi) is 3.96. The molecule has 0 saturated heterocycles. The lowest BCUT2D eigenvalue weighted by Crippen LogP contribution is -2.13. The van der Waals surface area contributed by atoms with Crippen molar-refractivity contribution >= 4 is 44.2 Å². The number of fused-ring (bicyclic) bond motifs is 1. The molecule has 0 saturated carbocycles. The van der Waals surface area contributed by atoms with Crippen molar-refractivity contribution in [2.24, 2.45) is 0 Å². The van der Waals surface area contributed by atoms with Gasteiger partial charge in [-0.15, -0.1) is 0 Å². The number of ether oxygens (including phenoxy) is 1. The summed E-state index contributed by atoms with van der Waals surface area (Å²) in [5, 5.41) is 3.20. The minimum Gasteiger partial charge on any atom is -0.494 e. The summed E-state index contributed by atoms with van der Waals surface area (Å²) in [6.45, 7) is 0. The van der Waals surface area contributed by atoms with E-state index in [0.717, 1.165) is 10.8 Å². The molecule has 3 rings (SSSR count). The largest absolute Gasteiger partial charge is 0.494 e. The zero-order chi connectivity index (χ0) is 15.7. The van der Waals surface area contributed by atoms with Crippen LogP contribution in [0.3, 0.4) is 0 Å². The second-order valence-corrected chi connectivity index (χ2v) is 5.87. The highest BCUT2D eigenvalue weighted by molar-refractivity contribution is 7.22. The van der Waals surface area contributed by atoms with Gasteiger partial charge in [-0.1, -0.05) is 29.0 Å². The number of methoxy groups -OCH3 is 1. The van der Waals surface area contributed by atoms with Crippen molar-refractivity contribution in [3.63, 3.8) is 0 Å². The van der Waals surface area contributed by atoms with Crippen molar-refractivity contribution in [2.75, 3.05) is 12.4 Å².